The Kier molecular flexibility index (Phi) is 4.43. The van der Waals surface area contributed by atoms with Gasteiger partial charge in [-0.3, -0.25) is 4.79 Å². The first-order chi connectivity index (χ1) is 9.77. The third-order valence-corrected chi connectivity index (χ3v) is 4.35. The number of sulfone groups is 1. The lowest BCUT2D eigenvalue weighted by atomic mass is 10.2. The average Bonchev–Trinajstić information content (AvgIpc) is 2.41. The number of carbonyl (C=O) groups is 1. The van der Waals surface area contributed by atoms with Gasteiger partial charge in [0.25, 0.3) is 5.91 Å². The minimum Gasteiger partial charge on any atom is -0.306 e. The lowest BCUT2D eigenvalue weighted by Crippen LogP contribution is -2.14. The number of hydrogen-bond acceptors (Lipinski definition) is 4. The van der Waals surface area contributed by atoms with E-state index in [2.05, 4.69) is 26.2 Å². The molecule has 0 radical (unpaired) electrons. The van der Waals surface area contributed by atoms with E-state index in [1.165, 1.54) is 18.2 Å². The smallest absolute Gasteiger partial charge is 0.256 e. The highest BCUT2D eigenvalue weighted by Gasteiger charge is 2.13. The van der Waals surface area contributed by atoms with Crippen LogP contribution < -0.4 is 5.32 Å². The quantitative estimate of drug-likeness (QED) is 0.903. The summed E-state index contributed by atoms with van der Waals surface area (Å²) in [5.74, 6) is 0.0337. The van der Waals surface area contributed by atoms with Gasteiger partial charge in [-0.15, -0.1) is 0 Å². The van der Waals surface area contributed by atoms with Crippen molar-refractivity contribution in [2.45, 2.75) is 11.8 Å². The Balaban J connectivity index is 2.29. The summed E-state index contributed by atoms with van der Waals surface area (Å²) in [7, 11) is -3.35. The van der Waals surface area contributed by atoms with Crippen molar-refractivity contribution in [2.75, 3.05) is 11.6 Å². The van der Waals surface area contributed by atoms with Gasteiger partial charge >= 0.3 is 0 Å². The molecule has 0 saturated carbocycles. The van der Waals surface area contributed by atoms with Crippen LogP contribution >= 0.6 is 15.9 Å². The molecular weight excluding hydrogens is 356 g/mol. The van der Waals surface area contributed by atoms with E-state index in [4.69, 9.17) is 0 Å². The van der Waals surface area contributed by atoms with Crippen molar-refractivity contribution in [3.63, 3.8) is 0 Å². The molecule has 1 heterocycles. The third kappa shape index (κ3) is 3.89. The standard InChI is InChI=1S/C14H13BrN2O3S/c1-9-6-11(15)8-16-13(9)17-14(18)10-4-3-5-12(7-10)21(2,19)20/h3-8H,1-2H3,(H,16,17,18). The van der Waals surface area contributed by atoms with Gasteiger partial charge in [-0.25, -0.2) is 13.4 Å². The lowest BCUT2D eigenvalue weighted by molar-refractivity contribution is 0.102. The Labute approximate surface area is 131 Å². The first-order valence-electron chi connectivity index (χ1n) is 6.01. The van der Waals surface area contributed by atoms with Gasteiger partial charge in [0.05, 0.1) is 4.90 Å². The first-order valence-corrected chi connectivity index (χ1v) is 8.69. The summed E-state index contributed by atoms with van der Waals surface area (Å²) in [5, 5.41) is 2.67. The third-order valence-electron chi connectivity index (χ3n) is 2.80. The van der Waals surface area contributed by atoms with Crippen molar-refractivity contribution in [3.8, 4) is 0 Å². The van der Waals surface area contributed by atoms with Crippen molar-refractivity contribution in [1.82, 2.24) is 4.98 Å². The molecule has 2 aromatic rings. The largest absolute Gasteiger partial charge is 0.306 e. The van der Waals surface area contributed by atoms with E-state index in [9.17, 15) is 13.2 Å². The molecular formula is C14H13BrN2O3S. The molecule has 1 N–H and O–H groups in total. The highest BCUT2D eigenvalue weighted by molar-refractivity contribution is 9.10. The van der Waals surface area contributed by atoms with Crippen LogP contribution in [-0.4, -0.2) is 25.6 Å². The normalized spacial score (nSPS) is 11.2. The van der Waals surface area contributed by atoms with Crippen LogP contribution in [0.5, 0.6) is 0 Å². The van der Waals surface area contributed by atoms with Gasteiger partial charge in [0, 0.05) is 22.5 Å². The Hall–Kier alpha value is -1.73. The number of pyridine rings is 1. The van der Waals surface area contributed by atoms with Crippen molar-refractivity contribution < 1.29 is 13.2 Å². The highest BCUT2D eigenvalue weighted by atomic mass is 79.9. The summed E-state index contributed by atoms with van der Waals surface area (Å²) in [6.07, 6.45) is 2.68. The molecule has 0 fully saturated rings. The lowest BCUT2D eigenvalue weighted by Gasteiger charge is -2.08. The molecule has 5 nitrogen and oxygen atoms in total. The number of benzene rings is 1. The van der Waals surface area contributed by atoms with E-state index >= 15 is 0 Å². The fraction of sp³-hybridized carbons (Fsp3) is 0.143. The molecule has 1 aromatic heterocycles. The number of nitrogens with one attached hydrogen (secondary N) is 1. The van der Waals surface area contributed by atoms with Crippen LogP contribution in [0.25, 0.3) is 0 Å². The summed E-state index contributed by atoms with van der Waals surface area (Å²) in [4.78, 5) is 16.4. The van der Waals surface area contributed by atoms with Crippen LogP contribution in [0, 0.1) is 6.92 Å². The molecule has 0 aliphatic carbocycles. The zero-order valence-corrected chi connectivity index (χ0v) is 13.8. The van der Waals surface area contributed by atoms with Crippen LogP contribution in [0.3, 0.4) is 0 Å². The van der Waals surface area contributed by atoms with Gasteiger partial charge in [0.15, 0.2) is 9.84 Å². The number of anilines is 1. The number of aryl methyl sites for hydroxylation is 1. The van der Waals surface area contributed by atoms with E-state index in [0.29, 0.717) is 5.82 Å². The van der Waals surface area contributed by atoms with Crippen molar-refractivity contribution in [1.29, 1.82) is 0 Å². The number of halogens is 1. The van der Waals surface area contributed by atoms with Gasteiger partial charge in [0.2, 0.25) is 0 Å². The van der Waals surface area contributed by atoms with Gasteiger partial charge in [-0.1, -0.05) is 6.07 Å². The number of carbonyl (C=O) groups excluding carboxylic acids is 1. The van der Waals surface area contributed by atoms with Crippen molar-refractivity contribution in [2.24, 2.45) is 0 Å². The minimum absolute atomic E-state index is 0.107. The Morgan fingerprint density at radius 2 is 2.00 bits per heavy atom. The van der Waals surface area contributed by atoms with E-state index in [1.54, 1.807) is 12.3 Å². The predicted molar refractivity (Wildman–Crippen MR) is 84.2 cm³/mol. The highest BCUT2D eigenvalue weighted by Crippen LogP contribution is 2.18. The molecule has 0 spiro atoms. The van der Waals surface area contributed by atoms with E-state index in [1.807, 2.05) is 13.0 Å². The molecule has 1 amide bonds. The minimum atomic E-state index is -3.35. The second-order valence-corrected chi connectivity index (χ2v) is 7.50. The van der Waals surface area contributed by atoms with E-state index < -0.39 is 15.7 Å². The van der Waals surface area contributed by atoms with Crippen molar-refractivity contribution in [3.05, 3.63) is 52.1 Å². The number of aromatic nitrogens is 1. The van der Waals surface area contributed by atoms with Gasteiger partial charge in [0.1, 0.15) is 5.82 Å². The maximum Gasteiger partial charge on any atom is 0.256 e. The molecule has 7 heteroatoms. The van der Waals surface area contributed by atoms with Gasteiger partial charge < -0.3 is 5.32 Å². The molecule has 21 heavy (non-hydrogen) atoms. The molecule has 0 aliphatic rings. The molecule has 0 atom stereocenters. The molecule has 2 rings (SSSR count). The second-order valence-electron chi connectivity index (χ2n) is 4.57. The first kappa shape index (κ1) is 15.7. The number of hydrogen-bond donors (Lipinski definition) is 1. The van der Waals surface area contributed by atoms with Crippen LogP contribution in [-0.2, 0) is 9.84 Å². The molecule has 1 aromatic carbocycles. The Morgan fingerprint density at radius 3 is 2.62 bits per heavy atom. The predicted octanol–water partition coefficient (Wildman–Crippen LogP) is 2.81. The maximum atomic E-state index is 12.2. The van der Waals surface area contributed by atoms with Gasteiger partial charge in [-0.2, -0.15) is 0 Å². The monoisotopic (exact) mass is 368 g/mol. The van der Waals surface area contributed by atoms with Crippen LogP contribution in [0.1, 0.15) is 15.9 Å². The topological polar surface area (TPSA) is 76.1 Å². The molecule has 0 unspecified atom stereocenters. The van der Waals surface area contributed by atoms with E-state index in [-0.39, 0.29) is 10.5 Å². The summed E-state index contributed by atoms with van der Waals surface area (Å²) < 4.78 is 23.8. The number of rotatable bonds is 3. The number of amides is 1. The fourth-order valence-corrected chi connectivity index (χ4v) is 2.83. The molecule has 0 saturated heterocycles. The summed E-state index contributed by atoms with van der Waals surface area (Å²) >= 11 is 3.30. The zero-order chi connectivity index (χ0) is 15.6. The summed E-state index contributed by atoms with van der Waals surface area (Å²) in [5.41, 5.74) is 1.07. The zero-order valence-electron chi connectivity index (χ0n) is 11.4. The second kappa shape index (κ2) is 5.95. The van der Waals surface area contributed by atoms with Crippen molar-refractivity contribution >= 4 is 37.5 Å². The van der Waals surface area contributed by atoms with Crippen LogP contribution in [0.4, 0.5) is 5.82 Å². The SMILES string of the molecule is Cc1cc(Br)cnc1NC(=O)c1cccc(S(C)(=O)=O)c1. The molecule has 0 bridgehead atoms. The van der Waals surface area contributed by atoms with Crippen LogP contribution in [0.2, 0.25) is 0 Å². The maximum absolute atomic E-state index is 12.2. The summed E-state index contributed by atoms with van der Waals surface area (Å²) in [6, 6.07) is 7.72. The Bertz CT molecular complexity index is 804. The number of nitrogens with zero attached hydrogens (tertiary/aromatic N) is 1. The summed E-state index contributed by atoms with van der Waals surface area (Å²) in [6.45, 7) is 1.82. The molecule has 0 aliphatic heterocycles. The van der Waals surface area contributed by atoms with E-state index in [0.717, 1.165) is 16.3 Å². The molecule has 110 valence electrons. The van der Waals surface area contributed by atoms with Gasteiger partial charge in [-0.05, 0) is 52.7 Å². The average molecular weight is 369 g/mol. The van der Waals surface area contributed by atoms with Crippen LogP contribution in [0.15, 0.2) is 45.9 Å². The Morgan fingerprint density at radius 1 is 1.29 bits per heavy atom. The fourth-order valence-electron chi connectivity index (χ4n) is 1.72.